The van der Waals surface area contributed by atoms with Gasteiger partial charge >= 0.3 is 0 Å². The van der Waals surface area contributed by atoms with Gasteiger partial charge in [0.05, 0.1) is 12.3 Å². The number of nitrogens with zero attached hydrogens (tertiary/aromatic N) is 4. The maximum atomic E-state index is 12.3. The van der Waals surface area contributed by atoms with E-state index in [0.29, 0.717) is 13.1 Å². The molecule has 0 radical (unpaired) electrons. The number of hydrogen-bond donors (Lipinski definition) is 1. The lowest BCUT2D eigenvalue weighted by Crippen LogP contribution is -2.52. The number of aromatic nitrogens is 2. The molecule has 1 atom stereocenters. The summed E-state index contributed by atoms with van der Waals surface area (Å²) < 4.78 is 1.69. The van der Waals surface area contributed by atoms with Crippen LogP contribution in [0.1, 0.15) is 26.3 Å². The zero-order chi connectivity index (χ0) is 16.3. The predicted molar refractivity (Wildman–Crippen MR) is 85.4 cm³/mol. The van der Waals surface area contributed by atoms with E-state index in [2.05, 4.69) is 10.00 Å². The molecule has 1 fully saturated rings. The molecule has 1 saturated heterocycles. The van der Waals surface area contributed by atoms with Gasteiger partial charge in [-0.25, -0.2) is 0 Å². The van der Waals surface area contributed by atoms with E-state index in [0.717, 1.165) is 31.7 Å². The smallest absolute Gasteiger partial charge is 0.244 e. The normalized spacial score (nSPS) is 18.5. The Hall–Kier alpha value is -1.40. The third-order valence-corrected chi connectivity index (χ3v) is 4.22. The van der Waals surface area contributed by atoms with Crippen molar-refractivity contribution in [3.05, 3.63) is 18.0 Å². The second-order valence-electron chi connectivity index (χ2n) is 7.28. The number of aliphatic hydroxyl groups is 1. The highest BCUT2D eigenvalue weighted by atomic mass is 16.3. The van der Waals surface area contributed by atoms with Crippen LogP contribution in [0.4, 0.5) is 0 Å². The summed E-state index contributed by atoms with van der Waals surface area (Å²) in [5.41, 5.74) is 0.957. The number of hydrogen-bond acceptors (Lipinski definition) is 4. The third-order valence-electron chi connectivity index (χ3n) is 4.22. The van der Waals surface area contributed by atoms with E-state index in [1.807, 2.05) is 38.8 Å². The minimum Gasteiger partial charge on any atom is -0.391 e. The highest BCUT2D eigenvalue weighted by Crippen LogP contribution is 2.20. The van der Waals surface area contributed by atoms with Gasteiger partial charge in [0.15, 0.2) is 0 Å². The molecule has 0 aliphatic carbocycles. The molecule has 6 nitrogen and oxygen atoms in total. The largest absolute Gasteiger partial charge is 0.391 e. The first-order valence-corrected chi connectivity index (χ1v) is 7.93. The van der Waals surface area contributed by atoms with Crippen LogP contribution in [0.3, 0.4) is 0 Å². The number of aryl methyl sites for hydroxylation is 1. The molecule has 22 heavy (non-hydrogen) atoms. The van der Waals surface area contributed by atoms with Crippen molar-refractivity contribution in [3.63, 3.8) is 0 Å². The van der Waals surface area contributed by atoms with Gasteiger partial charge in [0.25, 0.3) is 0 Å². The quantitative estimate of drug-likeness (QED) is 0.891. The predicted octanol–water partition coefficient (Wildman–Crippen LogP) is 0.743. The molecule has 1 unspecified atom stereocenters. The van der Waals surface area contributed by atoms with Gasteiger partial charge in [-0.1, -0.05) is 20.8 Å². The fraction of sp³-hybridized carbons (Fsp3) is 0.750. The van der Waals surface area contributed by atoms with E-state index in [9.17, 15) is 9.90 Å². The zero-order valence-electron chi connectivity index (χ0n) is 14.1. The van der Waals surface area contributed by atoms with E-state index >= 15 is 0 Å². The van der Waals surface area contributed by atoms with Gasteiger partial charge in [-0.2, -0.15) is 5.10 Å². The Morgan fingerprint density at radius 2 is 1.95 bits per heavy atom. The van der Waals surface area contributed by atoms with Gasteiger partial charge in [0.1, 0.15) is 6.54 Å². The summed E-state index contributed by atoms with van der Waals surface area (Å²) in [7, 11) is 0. The van der Waals surface area contributed by atoms with Crippen molar-refractivity contribution in [2.45, 2.75) is 40.3 Å². The van der Waals surface area contributed by atoms with Crippen LogP contribution in [0.5, 0.6) is 0 Å². The van der Waals surface area contributed by atoms with Crippen molar-refractivity contribution in [1.82, 2.24) is 19.6 Å². The standard InChI is InChI=1S/C16H28N4O2/c1-13-9-17-20(10-13)12-15(22)19-7-5-18(6-8-19)11-14(21)16(2,3)4/h9-10,14,21H,5-8,11-12H2,1-4H3. The Balaban J connectivity index is 1.78. The summed E-state index contributed by atoms with van der Waals surface area (Å²) in [6.07, 6.45) is 3.30. The van der Waals surface area contributed by atoms with Crippen LogP contribution in [-0.4, -0.2) is 69.4 Å². The second-order valence-corrected chi connectivity index (χ2v) is 7.28. The van der Waals surface area contributed by atoms with Crippen LogP contribution < -0.4 is 0 Å². The molecule has 0 saturated carbocycles. The lowest BCUT2D eigenvalue weighted by molar-refractivity contribution is -0.134. The average molecular weight is 308 g/mol. The van der Waals surface area contributed by atoms with Gasteiger partial charge in [-0.15, -0.1) is 0 Å². The average Bonchev–Trinajstić information content (AvgIpc) is 2.83. The fourth-order valence-corrected chi connectivity index (χ4v) is 2.49. The first kappa shape index (κ1) is 17.0. The summed E-state index contributed by atoms with van der Waals surface area (Å²) in [5, 5.41) is 14.3. The second kappa shape index (κ2) is 6.79. The summed E-state index contributed by atoms with van der Waals surface area (Å²) in [5.74, 6) is 0.110. The van der Waals surface area contributed by atoms with Gasteiger partial charge in [0.2, 0.25) is 5.91 Å². The van der Waals surface area contributed by atoms with Crippen molar-refractivity contribution in [2.24, 2.45) is 5.41 Å². The Bertz CT molecular complexity index is 498. The molecule has 6 heteroatoms. The van der Waals surface area contributed by atoms with Crippen LogP contribution in [0.2, 0.25) is 0 Å². The lowest BCUT2D eigenvalue weighted by atomic mass is 9.89. The first-order chi connectivity index (χ1) is 10.3. The van der Waals surface area contributed by atoms with E-state index in [1.54, 1.807) is 10.9 Å². The summed E-state index contributed by atoms with van der Waals surface area (Å²) in [6, 6.07) is 0. The molecular formula is C16H28N4O2. The maximum absolute atomic E-state index is 12.3. The number of carbonyl (C=O) groups is 1. The lowest BCUT2D eigenvalue weighted by Gasteiger charge is -2.38. The summed E-state index contributed by atoms with van der Waals surface area (Å²) in [4.78, 5) is 16.4. The van der Waals surface area contributed by atoms with Crippen molar-refractivity contribution < 1.29 is 9.90 Å². The Kier molecular flexibility index (Phi) is 5.24. The van der Waals surface area contributed by atoms with Crippen LogP contribution in [0, 0.1) is 12.3 Å². The fourth-order valence-electron chi connectivity index (χ4n) is 2.49. The molecule has 0 spiro atoms. The third kappa shape index (κ3) is 4.55. The number of amides is 1. The maximum Gasteiger partial charge on any atom is 0.244 e. The van der Waals surface area contributed by atoms with Crippen LogP contribution in [-0.2, 0) is 11.3 Å². The first-order valence-electron chi connectivity index (χ1n) is 7.93. The highest BCUT2D eigenvalue weighted by molar-refractivity contribution is 5.76. The monoisotopic (exact) mass is 308 g/mol. The number of carbonyl (C=O) groups excluding carboxylic acids is 1. The summed E-state index contributed by atoms with van der Waals surface area (Å²) in [6.45, 7) is 12.1. The molecule has 1 aliphatic heterocycles. The van der Waals surface area contributed by atoms with Gasteiger partial charge in [-0.3, -0.25) is 14.4 Å². The number of rotatable bonds is 4. The molecule has 124 valence electrons. The molecule has 0 aromatic carbocycles. The molecule has 1 aromatic heterocycles. The van der Waals surface area contributed by atoms with Gasteiger partial charge < -0.3 is 10.0 Å². The zero-order valence-corrected chi connectivity index (χ0v) is 14.1. The number of piperazine rings is 1. The SMILES string of the molecule is Cc1cnn(CC(=O)N2CCN(CC(O)C(C)(C)C)CC2)c1. The van der Waals surface area contributed by atoms with Gasteiger partial charge in [0, 0.05) is 38.9 Å². The van der Waals surface area contributed by atoms with Crippen LogP contribution >= 0.6 is 0 Å². The molecule has 1 aromatic rings. The van der Waals surface area contributed by atoms with E-state index in [1.165, 1.54) is 0 Å². The number of β-amino-alcohol motifs (C(OH)–C–C–N with tert-alkyl or cyclic N) is 1. The van der Waals surface area contributed by atoms with Crippen LogP contribution in [0.25, 0.3) is 0 Å². The Morgan fingerprint density at radius 1 is 1.32 bits per heavy atom. The highest BCUT2D eigenvalue weighted by Gasteiger charge is 2.27. The molecular weight excluding hydrogens is 280 g/mol. The van der Waals surface area contributed by atoms with Crippen molar-refractivity contribution in [1.29, 1.82) is 0 Å². The Labute approximate surface area is 132 Å². The van der Waals surface area contributed by atoms with Crippen molar-refractivity contribution in [2.75, 3.05) is 32.7 Å². The van der Waals surface area contributed by atoms with E-state index in [4.69, 9.17) is 0 Å². The van der Waals surface area contributed by atoms with Crippen molar-refractivity contribution >= 4 is 5.91 Å². The van der Waals surface area contributed by atoms with E-state index < -0.39 is 0 Å². The topological polar surface area (TPSA) is 61.6 Å². The van der Waals surface area contributed by atoms with Crippen molar-refractivity contribution in [3.8, 4) is 0 Å². The minimum atomic E-state index is -0.346. The Morgan fingerprint density at radius 3 is 2.45 bits per heavy atom. The molecule has 1 N–H and O–H groups in total. The molecule has 1 amide bonds. The minimum absolute atomic E-state index is 0.106. The van der Waals surface area contributed by atoms with E-state index in [-0.39, 0.29) is 17.4 Å². The summed E-state index contributed by atoms with van der Waals surface area (Å²) >= 11 is 0. The van der Waals surface area contributed by atoms with Gasteiger partial charge in [-0.05, 0) is 17.9 Å². The van der Waals surface area contributed by atoms with Crippen LogP contribution in [0.15, 0.2) is 12.4 Å². The molecule has 2 heterocycles. The molecule has 2 rings (SSSR count). The molecule has 0 bridgehead atoms. The number of aliphatic hydroxyl groups excluding tert-OH is 1. The molecule has 1 aliphatic rings.